The van der Waals surface area contributed by atoms with E-state index in [2.05, 4.69) is 167 Å². The molecule has 0 fully saturated rings. The Morgan fingerprint density at radius 3 is 1.54 bits per heavy atom. The van der Waals surface area contributed by atoms with Gasteiger partial charge < -0.3 is 0 Å². The summed E-state index contributed by atoms with van der Waals surface area (Å²) in [5, 5.41) is 5.48. The summed E-state index contributed by atoms with van der Waals surface area (Å²) in [5.74, 6) is 0. The maximum atomic E-state index is 5.48. The first-order chi connectivity index (χ1) is 19.2. The first kappa shape index (κ1) is 25.1. The summed E-state index contributed by atoms with van der Waals surface area (Å²) in [6, 6.07) is 51.4. The van der Waals surface area contributed by atoms with Gasteiger partial charge in [0.05, 0.1) is 10.2 Å². The first-order valence-electron chi connectivity index (χ1n) is 13.3. The molecule has 190 valence electrons. The van der Waals surface area contributed by atoms with E-state index in [0.717, 1.165) is 50.1 Å². The van der Waals surface area contributed by atoms with E-state index in [0.29, 0.717) is 0 Å². The van der Waals surface area contributed by atoms with E-state index in [4.69, 9.17) is 5.10 Å². The van der Waals surface area contributed by atoms with Crippen molar-refractivity contribution in [2.24, 2.45) is 0 Å². The summed E-state index contributed by atoms with van der Waals surface area (Å²) in [7, 11) is 0. The van der Waals surface area contributed by atoms with Crippen LogP contribution >= 0.6 is 15.9 Å². The molecule has 6 rings (SSSR count). The average molecular weight is 570 g/mol. The quantitative estimate of drug-likeness (QED) is 0.175. The van der Waals surface area contributed by atoms with Gasteiger partial charge in [0.25, 0.3) is 0 Å². The Kier molecular flexibility index (Phi) is 7.00. The molecule has 0 bridgehead atoms. The van der Waals surface area contributed by atoms with Crippen LogP contribution in [0.4, 0.5) is 0 Å². The number of nitrogens with zero attached hydrogens (tertiary/aromatic N) is 2. The van der Waals surface area contributed by atoms with Gasteiger partial charge in [-0.15, -0.1) is 0 Å². The number of hydrogen-bond donors (Lipinski definition) is 0. The molecule has 0 aliphatic rings. The van der Waals surface area contributed by atoms with E-state index in [9.17, 15) is 0 Å². The lowest BCUT2D eigenvalue weighted by Gasteiger charge is -2.37. The van der Waals surface area contributed by atoms with E-state index in [1.54, 1.807) is 0 Å². The standard InChI is InChI=1S/C36H29BrN2/c1-2-27-16-15-19-29(26-27)35-33(37)34(28-17-7-3-8-18-28)38-39(35)36(30-20-9-4-10-21-30,31-22-11-5-12-23-31)32-24-13-6-14-25-32/h3-26H,2H2,1H3. The zero-order chi connectivity index (χ0) is 26.7. The lowest BCUT2D eigenvalue weighted by Crippen LogP contribution is -2.39. The fraction of sp³-hybridized carbons (Fsp3) is 0.0833. The molecule has 3 heteroatoms. The lowest BCUT2D eigenvalue weighted by molar-refractivity contribution is 0.466. The molecular formula is C36H29BrN2. The molecule has 0 N–H and O–H groups in total. The van der Waals surface area contributed by atoms with Crippen molar-refractivity contribution in [1.82, 2.24) is 9.78 Å². The Balaban J connectivity index is 1.80. The molecule has 2 nitrogen and oxygen atoms in total. The number of rotatable bonds is 7. The van der Waals surface area contributed by atoms with Crippen molar-refractivity contribution in [2.75, 3.05) is 0 Å². The van der Waals surface area contributed by atoms with Gasteiger partial charge in [-0.1, -0.05) is 146 Å². The van der Waals surface area contributed by atoms with Crippen LogP contribution in [0.3, 0.4) is 0 Å². The maximum absolute atomic E-state index is 5.48. The van der Waals surface area contributed by atoms with Gasteiger partial charge >= 0.3 is 0 Å². The van der Waals surface area contributed by atoms with Gasteiger partial charge in [0.2, 0.25) is 0 Å². The van der Waals surface area contributed by atoms with E-state index >= 15 is 0 Å². The monoisotopic (exact) mass is 568 g/mol. The van der Waals surface area contributed by atoms with Crippen LogP contribution in [0, 0.1) is 0 Å². The molecule has 6 aromatic rings. The van der Waals surface area contributed by atoms with E-state index in [1.807, 2.05) is 6.07 Å². The van der Waals surface area contributed by atoms with Crippen molar-refractivity contribution in [3.05, 3.63) is 172 Å². The molecule has 0 aliphatic heterocycles. The molecule has 5 aromatic carbocycles. The molecule has 39 heavy (non-hydrogen) atoms. The van der Waals surface area contributed by atoms with Crippen molar-refractivity contribution < 1.29 is 0 Å². The highest BCUT2D eigenvalue weighted by atomic mass is 79.9. The lowest BCUT2D eigenvalue weighted by atomic mass is 9.76. The summed E-state index contributed by atoms with van der Waals surface area (Å²) in [5.41, 5.74) is 8.15. The summed E-state index contributed by atoms with van der Waals surface area (Å²) >= 11 is 4.05. The van der Waals surface area contributed by atoms with Crippen molar-refractivity contribution in [2.45, 2.75) is 18.9 Å². The van der Waals surface area contributed by atoms with Crippen LogP contribution in [-0.4, -0.2) is 9.78 Å². The van der Waals surface area contributed by atoms with E-state index in [1.165, 1.54) is 5.56 Å². The second-order valence-electron chi connectivity index (χ2n) is 9.65. The summed E-state index contributed by atoms with van der Waals surface area (Å²) in [4.78, 5) is 0. The molecule has 1 heterocycles. The van der Waals surface area contributed by atoms with Gasteiger partial charge in [-0.2, -0.15) is 5.10 Å². The Bertz CT molecular complexity index is 1580. The summed E-state index contributed by atoms with van der Waals surface area (Å²) < 4.78 is 3.22. The molecule has 0 radical (unpaired) electrons. The van der Waals surface area contributed by atoms with E-state index < -0.39 is 5.54 Å². The fourth-order valence-corrected chi connectivity index (χ4v) is 6.22. The van der Waals surface area contributed by atoms with Crippen LogP contribution < -0.4 is 0 Å². The number of hydrogen-bond acceptors (Lipinski definition) is 1. The van der Waals surface area contributed by atoms with Crippen LogP contribution in [0.1, 0.15) is 29.2 Å². The van der Waals surface area contributed by atoms with Crippen LogP contribution in [0.25, 0.3) is 22.5 Å². The second kappa shape index (κ2) is 10.9. The van der Waals surface area contributed by atoms with Crippen molar-refractivity contribution >= 4 is 15.9 Å². The Hall–Kier alpha value is -4.21. The van der Waals surface area contributed by atoms with Crippen molar-refractivity contribution in [1.29, 1.82) is 0 Å². The molecule has 0 saturated carbocycles. The van der Waals surface area contributed by atoms with Crippen LogP contribution in [0.2, 0.25) is 0 Å². The van der Waals surface area contributed by atoms with Gasteiger partial charge in [0.1, 0.15) is 11.2 Å². The normalized spacial score (nSPS) is 11.4. The zero-order valence-electron chi connectivity index (χ0n) is 21.8. The molecule has 0 amide bonds. The SMILES string of the molecule is CCc1cccc(-c2c(Br)c(-c3ccccc3)nn2C(c2ccccc2)(c2ccccc2)c2ccccc2)c1. The highest BCUT2D eigenvalue weighted by Crippen LogP contribution is 2.47. The molecule has 0 spiro atoms. The fourth-order valence-electron chi connectivity index (χ4n) is 5.51. The minimum absolute atomic E-state index is 0.725. The molecule has 0 unspecified atom stereocenters. The Morgan fingerprint density at radius 2 is 1.05 bits per heavy atom. The average Bonchev–Trinajstić information content (AvgIpc) is 3.36. The van der Waals surface area contributed by atoms with Gasteiger partial charge in [0.15, 0.2) is 0 Å². The summed E-state index contributed by atoms with van der Waals surface area (Å²) in [6.07, 6.45) is 0.965. The highest BCUT2D eigenvalue weighted by Gasteiger charge is 2.42. The first-order valence-corrected chi connectivity index (χ1v) is 14.1. The number of aromatic nitrogens is 2. The Labute approximate surface area is 238 Å². The van der Waals surface area contributed by atoms with Gasteiger partial charge in [-0.05, 0) is 50.7 Å². The molecular weight excluding hydrogens is 540 g/mol. The molecule has 0 aliphatic carbocycles. The maximum Gasteiger partial charge on any atom is 0.138 e. The third-order valence-electron chi connectivity index (χ3n) is 7.38. The smallest absolute Gasteiger partial charge is 0.138 e. The summed E-state index contributed by atoms with van der Waals surface area (Å²) in [6.45, 7) is 2.20. The zero-order valence-corrected chi connectivity index (χ0v) is 23.4. The van der Waals surface area contributed by atoms with Gasteiger partial charge in [0, 0.05) is 11.1 Å². The predicted octanol–water partition coefficient (Wildman–Crippen LogP) is 9.38. The molecule has 0 saturated heterocycles. The molecule has 1 aromatic heterocycles. The largest absolute Gasteiger partial charge is 0.243 e. The number of aryl methyl sites for hydroxylation is 1. The van der Waals surface area contributed by atoms with Crippen molar-refractivity contribution in [3.63, 3.8) is 0 Å². The Morgan fingerprint density at radius 1 is 0.590 bits per heavy atom. The van der Waals surface area contributed by atoms with Crippen LogP contribution in [-0.2, 0) is 12.0 Å². The number of halogens is 1. The van der Waals surface area contributed by atoms with E-state index in [-0.39, 0.29) is 0 Å². The van der Waals surface area contributed by atoms with Gasteiger partial charge in [-0.25, -0.2) is 4.68 Å². The molecule has 0 atom stereocenters. The third kappa shape index (κ3) is 4.43. The predicted molar refractivity (Wildman–Crippen MR) is 165 cm³/mol. The highest BCUT2D eigenvalue weighted by molar-refractivity contribution is 9.10. The third-order valence-corrected chi connectivity index (χ3v) is 8.13. The van der Waals surface area contributed by atoms with Crippen LogP contribution in [0.15, 0.2) is 150 Å². The van der Waals surface area contributed by atoms with Crippen molar-refractivity contribution in [3.8, 4) is 22.5 Å². The minimum atomic E-state index is -0.725. The van der Waals surface area contributed by atoms with Gasteiger partial charge in [-0.3, -0.25) is 0 Å². The minimum Gasteiger partial charge on any atom is -0.243 e. The second-order valence-corrected chi connectivity index (χ2v) is 10.4. The topological polar surface area (TPSA) is 17.8 Å². The van der Waals surface area contributed by atoms with Crippen LogP contribution in [0.5, 0.6) is 0 Å². The number of benzene rings is 5.